The van der Waals surface area contributed by atoms with E-state index in [1.165, 1.54) is 11.8 Å². The number of methoxy groups -OCH3 is 1. The highest BCUT2D eigenvalue weighted by atomic mass is 32.2. The van der Waals surface area contributed by atoms with Gasteiger partial charge in [-0.3, -0.25) is 9.59 Å². The first kappa shape index (κ1) is 18.6. The predicted molar refractivity (Wildman–Crippen MR) is 91.3 cm³/mol. The van der Waals surface area contributed by atoms with Gasteiger partial charge in [-0.2, -0.15) is 0 Å². The Morgan fingerprint density at radius 1 is 1.24 bits per heavy atom. The van der Waals surface area contributed by atoms with Crippen LogP contribution in [0.3, 0.4) is 0 Å². The summed E-state index contributed by atoms with van der Waals surface area (Å²) in [6, 6.07) is 7.21. The van der Waals surface area contributed by atoms with E-state index in [4.69, 9.17) is 15.2 Å². The molecule has 0 saturated carbocycles. The van der Waals surface area contributed by atoms with Crippen LogP contribution in [0.4, 0.5) is 0 Å². The third kappa shape index (κ3) is 5.68. The van der Waals surface area contributed by atoms with Crippen LogP contribution in [-0.2, 0) is 23.2 Å². The van der Waals surface area contributed by atoms with Gasteiger partial charge in [0.25, 0.3) is 0 Å². The molecule has 0 fully saturated rings. The average Bonchev–Trinajstić information content (AvgIpc) is 2.96. The summed E-state index contributed by atoms with van der Waals surface area (Å²) in [5, 5.41) is 11.1. The lowest BCUT2D eigenvalue weighted by atomic mass is 10.3. The molecule has 0 aliphatic carbocycles. The second kappa shape index (κ2) is 8.92. The molecule has 2 amide bonds. The van der Waals surface area contributed by atoms with Crippen molar-refractivity contribution in [1.29, 1.82) is 0 Å². The van der Waals surface area contributed by atoms with Crippen LogP contribution in [-0.4, -0.2) is 46.0 Å². The first-order valence-electron chi connectivity index (χ1n) is 7.32. The molecule has 25 heavy (non-hydrogen) atoms. The number of nitrogens with zero attached hydrogens (tertiary/aromatic N) is 3. The van der Waals surface area contributed by atoms with Crippen LogP contribution in [0, 0.1) is 0 Å². The maximum Gasteiger partial charge on any atom is 0.236 e. The summed E-state index contributed by atoms with van der Waals surface area (Å²) in [5.74, 6) is 1.27. The number of aromatic nitrogens is 3. The number of ether oxygens (including phenoxy) is 2. The Morgan fingerprint density at radius 3 is 2.56 bits per heavy atom. The number of primary amides is 1. The molecule has 134 valence electrons. The van der Waals surface area contributed by atoms with Crippen molar-refractivity contribution in [2.24, 2.45) is 12.8 Å². The number of amides is 2. The molecule has 3 N–H and O–H groups in total. The van der Waals surface area contributed by atoms with E-state index < -0.39 is 5.91 Å². The van der Waals surface area contributed by atoms with Gasteiger partial charge in [-0.05, 0) is 24.3 Å². The third-order valence-electron chi connectivity index (χ3n) is 3.14. The van der Waals surface area contributed by atoms with Crippen molar-refractivity contribution in [3.8, 4) is 11.5 Å². The largest absolute Gasteiger partial charge is 0.497 e. The second-order valence-electron chi connectivity index (χ2n) is 4.95. The Balaban J connectivity index is 1.85. The van der Waals surface area contributed by atoms with E-state index in [9.17, 15) is 9.59 Å². The van der Waals surface area contributed by atoms with Gasteiger partial charge in [-0.1, -0.05) is 11.8 Å². The lowest BCUT2D eigenvalue weighted by Crippen LogP contribution is -2.34. The number of hydrogen-bond acceptors (Lipinski definition) is 7. The first-order chi connectivity index (χ1) is 12.0. The van der Waals surface area contributed by atoms with Gasteiger partial charge in [-0.15, -0.1) is 10.2 Å². The van der Waals surface area contributed by atoms with E-state index in [1.807, 2.05) is 0 Å². The summed E-state index contributed by atoms with van der Waals surface area (Å²) in [5.41, 5.74) is 4.97. The molecule has 0 saturated heterocycles. The zero-order valence-corrected chi connectivity index (χ0v) is 14.7. The Hall–Kier alpha value is -2.75. The quantitative estimate of drug-likeness (QED) is 0.604. The monoisotopic (exact) mass is 365 g/mol. The molecule has 0 aliphatic heterocycles. The third-order valence-corrected chi connectivity index (χ3v) is 4.16. The summed E-state index contributed by atoms with van der Waals surface area (Å²) >= 11 is 1.21. The molecule has 0 unspecified atom stereocenters. The van der Waals surface area contributed by atoms with Crippen molar-refractivity contribution >= 4 is 23.6 Å². The average molecular weight is 365 g/mol. The predicted octanol–water partition coefficient (Wildman–Crippen LogP) is 0.0963. The molecular weight excluding hydrogens is 346 g/mol. The molecule has 0 radical (unpaired) electrons. The van der Waals surface area contributed by atoms with E-state index in [0.29, 0.717) is 16.7 Å². The number of benzene rings is 1. The molecule has 0 bridgehead atoms. The Labute approximate surface area is 148 Å². The highest BCUT2D eigenvalue weighted by Crippen LogP contribution is 2.19. The highest BCUT2D eigenvalue weighted by Gasteiger charge is 2.12. The van der Waals surface area contributed by atoms with Gasteiger partial charge in [0, 0.05) is 7.05 Å². The minimum absolute atomic E-state index is 0.110. The maximum atomic E-state index is 11.6. The minimum atomic E-state index is -0.588. The number of nitrogens with two attached hydrogens (primary N) is 1. The molecule has 10 heteroatoms. The second-order valence-corrected chi connectivity index (χ2v) is 5.90. The van der Waals surface area contributed by atoms with E-state index in [0.717, 1.165) is 5.75 Å². The fourth-order valence-electron chi connectivity index (χ4n) is 1.78. The van der Waals surface area contributed by atoms with Crippen molar-refractivity contribution in [2.45, 2.75) is 11.8 Å². The van der Waals surface area contributed by atoms with Crippen LogP contribution in [0.2, 0.25) is 0 Å². The van der Waals surface area contributed by atoms with E-state index >= 15 is 0 Å². The molecular formula is C15H19N5O4S. The Kier molecular flexibility index (Phi) is 6.63. The van der Waals surface area contributed by atoms with Crippen molar-refractivity contribution in [2.75, 3.05) is 19.4 Å². The normalized spacial score (nSPS) is 10.3. The summed E-state index contributed by atoms with van der Waals surface area (Å²) in [6.07, 6.45) is 0. The zero-order chi connectivity index (χ0) is 18.2. The van der Waals surface area contributed by atoms with Gasteiger partial charge in [-0.25, -0.2) is 0 Å². The standard InChI is InChI=1S/C15H19N5O4S/c1-20-13(8-24-11-5-3-10(23-2)4-6-11)18-19-15(20)25-9-14(22)17-7-12(16)21/h3-6H,7-9H2,1-2H3,(H2,16,21)(H,17,22). The molecule has 0 aliphatic rings. The Morgan fingerprint density at radius 2 is 1.92 bits per heavy atom. The van der Waals surface area contributed by atoms with Crippen molar-refractivity contribution in [1.82, 2.24) is 20.1 Å². The number of carbonyl (C=O) groups excluding carboxylic acids is 2. The number of hydrogen-bond donors (Lipinski definition) is 2. The number of thioether (sulfide) groups is 1. The van der Waals surface area contributed by atoms with E-state index in [1.54, 1.807) is 43.0 Å². The van der Waals surface area contributed by atoms with Crippen molar-refractivity contribution < 1.29 is 19.1 Å². The van der Waals surface area contributed by atoms with Crippen molar-refractivity contribution in [3.05, 3.63) is 30.1 Å². The molecule has 0 atom stereocenters. The van der Waals surface area contributed by atoms with Crippen LogP contribution in [0.1, 0.15) is 5.82 Å². The van der Waals surface area contributed by atoms with Gasteiger partial charge < -0.3 is 25.1 Å². The summed E-state index contributed by atoms with van der Waals surface area (Å²) in [6.45, 7) is 0.0589. The smallest absolute Gasteiger partial charge is 0.236 e. The van der Waals surface area contributed by atoms with Crippen LogP contribution >= 0.6 is 11.8 Å². The number of carbonyl (C=O) groups is 2. The van der Waals surface area contributed by atoms with Crippen LogP contribution in [0.25, 0.3) is 0 Å². The SMILES string of the molecule is COc1ccc(OCc2nnc(SCC(=O)NCC(N)=O)n2C)cc1. The Bertz CT molecular complexity index is 732. The first-order valence-corrected chi connectivity index (χ1v) is 8.31. The van der Waals surface area contributed by atoms with Gasteiger partial charge in [0.05, 0.1) is 19.4 Å². The zero-order valence-electron chi connectivity index (χ0n) is 13.9. The maximum absolute atomic E-state index is 11.6. The number of rotatable bonds is 9. The highest BCUT2D eigenvalue weighted by molar-refractivity contribution is 7.99. The molecule has 0 spiro atoms. The van der Waals surface area contributed by atoms with Crippen molar-refractivity contribution in [3.63, 3.8) is 0 Å². The lowest BCUT2D eigenvalue weighted by molar-refractivity contribution is -0.123. The van der Waals surface area contributed by atoms with Crippen LogP contribution < -0.4 is 20.5 Å². The number of nitrogens with one attached hydrogen (secondary N) is 1. The van der Waals surface area contributed by atoms with E-state index in [-0.39, 0.29) is 24.8 Å². The molecule has 2 rings (SSSR count). The van der Waals surface area contributed by atoms with Crippen LogP contribution in [0.5, 0.6) is 11.5 Å². The molecule has 9 nitrogen and oxygen atoms in total. The minimum Gasteiger partial charge on any atom is -0.497 e. The molecule has 1 aromatic carbocycles. The molecule has 1 heterocycles. The van der Waals surface area contributed by atoms with Gasteiger partial charge in [0.15, 0.2) is 11.0 Å². The van der Waals surface area contributed by atoms with Gasteiger partial charge in [0.2, 0.25) is 11.8 Å². The fourth-order valence-corrected chi connectivity index (χ4v) is 2.54. The lowest BCUT2D eigenvalue weighted by Gasteiger charge is -2.07. The summed E-state index contributed by atoms with van der Waals surface area (Å²) in [7, 11) is 3.39. The van der Waals surface area contributed by atoms with Gasteiger partial charge >= 0.3 is 0 Å². The molecule has 1 aromatic heterocycles. The fraction of sp³-hybridized carbons (Fsp3) is 0.333. The van der Waals surface area contributed by atoms with Crippen LogP contribution in [0.15, 0.2) is 29.4 Å². The molecule has 2 aromatic rings. The summed E-state index contributed by atoms with van der Waals surface area (Å²) < 4.78 is 12.5. The van der Waals surface area contributed by atoms with E-state index in [2.05, 4.69) is 15.5 Å². The van der Waals surface area contributed by atoms with Gasteiger partial charge in [0.1, 0.15) is 18.1 Å². The summed E-state index contributed by atoms with van der Waals surface area (Å²) in [4.78, 5) is 22.2. The topological polar surface area (TPSA) is 121 Å².